The molecule has 1 aliphatic heterocycles. The topological polar surface area (TPSA) is 12.5 Å². The van der Waals surface area contributed by atoms with E-state index in [4.69, 9.17) is 4.74 Å². The van der Waals surface area contributed by atoms with Crippen LogP contribution in [0.1, 0.15) is 45.4 Å². The normalized spacial score (nSPS) is 57.2. The van der Waals surface area contributed by atoms with Gasteiger partial charge in [0, 0.05) is 0 Å². The lowest BCUT2D eigenvalue weighted by Gasteiger charge is -2.43. The van der Waals surface area contributed by atoms with Crippen LogP contribution in [-0.2, 0) is 4.74 Å². The molecule has 3 aliphatic rings. The van der Waals surface area contributed by atoms with E-state index in [0.717, 1.165) is 5.92 Å². The molecular weight excluding hydrogens is 148 g/mol. The molecule has 3 rings (SSSR count). The molecule has 0 N–H and O–H groups in total. The molecule has 1 saturated heterocycles. The summed E-state index contributed by atoms with van der Waals surface area (Å²) in [5, 5.41) is 0. The van der Waals surface area contributed by atoms with Gasteiger partial charge < -0.3 is 4.74 Å². The van der Waals surface area contributed by atoms with Crippen molar-refractivity contribution in [3.8, 4) is 0 Å². The number of rotatable bonds is 0. The highest BCUT2D eigenvalue weighted by molar-refractivity contribution is 5.02. The monoisotopic (exact) mass is 166 g/mol. The summed E-state index contributed by atoms with van der Waals surface area (Å²) in [7, 11) is 0. The Balaban J connectivity index is 1.82. The summed E-state index contributed by atoms with van der Waals surface area (Å²) in [6.07, 6.45) is 9.96. The van der Waals surface area contributed by atoms with Crippen molar-refractivity contribution in [3.63, 3.8) is 0 Å². The highest BCUT2D eigenvalue weighted by Crippen LogP contribution is 2.55. The first-order valence-electron chi connectivity index (χ1n) is 5.43. The second-order valence-electron chi connectivity index (χ2n) is 5.25. The molecule has 12 heavy (non-hydrogen) atoms. The predicted molar refractivity (Wildman–Crippen MR) is 48.0 cm³/mol. The lowest BCUT2D eigenvalue weighted by molar-refractivity contribution is 0.0790. The first kappa shape index (κ1) is 7.37. The van der Waals surface area contributed by atoms with Crippen LogP contribution in [0.5, 0.6) is 0 Å². The molecule has 0 amide bonds. The van der Waals surface area contributed by atoms with Gasteiger partial charge in [-0.25, -0.2) is 0 Å². The average molecular weight is 166 g/mol. The molecule has 0 unspecified atom stereocenters. The summed E-state index contributed by atoms with van der Waals surface area (Å²) in [5.74, 6) is 0.995. The van der Waals surface area contributed by atoms with Crippen molar-refractivity contribution in [1.29, 1.82) is 0 Å². The Labute approximate surface area is 74.5 Å². The fourth-order valence-electron chi connectivity index (χ4n) is 3.45. The third-order valence-electron chi connectivity index (χ3n) is 4.41. The van der Waals surface area contributed by atoms with Crippen molar-refractivity contribution in [2.24, 2.45) is 11.3 Å². The second kappa shape index (κ2) is 2.25. The van der Waals surface area contributed by atoms with Crippen molar-refractivity contribution >= 4 is 0 Å². The summed E-state index contributed by atoms with van der Waals surface area (Å²) >= 11 is 0. The zero-order valence-electron chi connectivity index (χ0n) is 7.88. The van der Waals surface area contributed by atoms with Crippen LogP contribution in [0.2, 0.25) is 0 Å². The van der Waals surface area contributed by atoms with E-state index >= 15 is 0 Å². The maximum atomic E-state index is 5.63. The van der Waals surface area contributed by atoms with Gasteiger partial charge in [0.2, 0.25) is 0 Å². The average Bonchev–Trinajstić information content (AvgIpc) is 2.76. The van der Waals surface area contributed by atoms with Gasteiger partial charge in [-0.2, -0.15) is 0 Å². The van der Waals surface area contributed by atoms with E-state index in [1.807, 2.05) is 0 Å². The Kier molecular flexibility index (Phi) is 1.39. The second-order valence-corrected chi connectivity index (χ2v) is 5.25. The van der Waals surface area contributed by atoms with E-state index in [1.165, 1.54) is 38.5 Å². The van der Waals surface area contributed by atoms with Crippen LogP contribution in [-0.4, -0.2) is 12.2 Å². The maximum absolute atomic E-state index is 5.63. The van der Waals surface area contributed by atoms with Gasteiger partial charge in [-0.15, -0.1) is 0 Å². The zero-order valence-corrected chi connectivity index (χ0v) is 7.88. The molecule has 4 atom stereocenters. The maximum Gasteiger partial charge on any atom is 0.0847 e. The van der Waals surface area contributed by atoms with Gasteiger partial charge in [0.1, 0.15) is 0 Å². The number of hydrogen-bond acceptors (Lipinski definition) is 1. The fraction of sp³-hybridized carbons (Fsp3) is 1.00. The van der Waals surface area contributed by atoms with Crippen molar-refractivity contribution in [2.75, 3.05) is 0 Å². The standard InChI is InChI=1S/C11H18O/c1-11-5-3-2-4-8(11)6-9-10(7-11)12-9/h8-10H,2-7H2,1H3/t8-,9-,10+,11-/m0/s1. The lowest BCUT2D eigenvalue weighted by Crippen LogP contribution is -2.36. The van der Waals surface area contributed by atoms with E-state index in [-0.39, 0.29) is 0 Å². The molecule has 1 heterocycles. The minimum Gasteiger partial charge on any atom is -0.370 e. The van der Waals surface area contributed by atoms with Gasteiger partial charge in [-0.1, -0.05) is 19.8 Å². The van der Waals surface area contributed by atoms with Gasteiger partial charge in [0.05, 0.1) is 12.2 Å². The van der Waals surface area contributed by atoms with Crippen LogP contribution < -0.4 is 0 Å². The van der Waals surface area contributed by atoms with Gasteiger partial charge in [0.25, 0.3) is 0 Å². The van der Waals surface area contributed by atoms with Crippen molar-refractivity contribution in [3.05, 3.63) is 0 Å². The Hall–Kier alpha value is -0.0400. The van der Waals surface area contributed by atoms with E-state index in [2.05, 4.69) is 6.92 Å². The number of fused-ring (bicyclic) bond motifs is 2. The molecular formula is C11H18O. The zero-order chi connectivity index (χ0) is 8.18. The van der Waals surface area contributed by atoms with Gasteiger partial charge in [-0.05, 0) is 37.0 Å². The molecule has 3 fully saturated rings. The summed E-state index contributed by atoms with van der Waals surface area (Å²) < 4.78 is 5.63. The van der Waals surface area contributed by atoms with Crippen LogP contribution in [0.4, 0.5) is 0 Å². The number of epoxide rings is 1. The molecule has 2 saturated carbocycles. The summed E-state index contributed by atoms with van der Waals surface area (Å²) in [6.45, 7) is 2.49. The Morgan fingerprint density at radius 1 is 1.25 bits per heavy atom. The van der Waals surface area contributed by atoms with Crippen LogP contribution in [0.3, 0.4) is 0 Å². The van der Waals surface area contributed by atoms with Crippen molar-refractivity contribution < 1.29 is 4.74 Å². The molecule has 0 aromatic heterocycles. The summed E-state index contributed by atoms with van der Waals surface area (Å²) in [4.78, 5) is 0. The first-order chi connectivity index (χ1) is 5.78. The van der Waals surface area contributed by atoms with Crippen molar-refractivity contribution in [2.45, 2.75) is 57.7 Å². The molecule has 0 radical (unpaired) electrons. The van der Waals surface area contributed by atoms with Crippen LogP contribution in [0.15, 0.2) is 0 Å². The fourth-order valence-corrected chi connectivity index (χ4v) is 3.45. The molecule has 1 nitrogen and oxygen atoms in total. The number of ether oxygens (including phenoxy) is 1. The van der Waals surface area contributed by atoms with E-state index in [0.29, 0.717) is 17.6 Å². The van der Waals surface area contributed by atoms with E-state index < -0.39 is 0 Å². The first-order valence-corrected chi connectivity index (χ1v) is 5.43. The lowest BCUT2D eigenvalue weighted by atomic mass is 9.61. The molecule has 0 aromatic rings. The Bertz CT molecular complexity index is 201. The molecule has 0 spiro atoms. The smallest absolute Gasteiger partial charge is 0.0847 e. The minimum atomic E-state index is 0.663. The molecule has 0 bridgehead atoms. The van der Waals surface area contributed by atoms with Gasteiger partial charge in [0.15, 0.2) is 0 Å². The third kappa shape index (κ3) is 0.953. The van der Waals surface area contributed by atoms with E-state index in [9.17, 15) is 0 Å². The molecule has 2 aliphatic carbocycles. The van der Waals surface area contributed by atoms with E-state index in [1.54, 1.807) is 0 Å². The largest absolute Gasteiger partial charge is 0.370 e. The number of hydrogen-bond donors (Lipinski definition) is 0. The Morgan fingerprint density at radius 3 is 3.08 bits per heavy atom. The Morgan fingerprint density at radius 2 is 2.17 bits per heavy atom. The van der Waals surface area contributed by atoms with Crippen LogP contribution in [0.25, 0.3) is 0 Å². The highest BCUT2D eigenvalue weighted by atomic mass is 16.6. The van der Waals surface area contributed by atoms with Gasteiger partial charge in [-0.3, -0.25) is 0 Å². The predicted octanol–water partition coefficient (Wildman–Crippen LogP) is 2.74. The van der Waals surface area contributed by atoms with Crippen LogP contribution in [0, 0.1) is 11.3 Å². The SMILES string of the molecule is C[C@@]12CCCC[C@H]1C[C@@H]1O[C@@H]1C2. The van der Waals surface area contributed by atoms with Crippen LogP contribution >= 0.6 is 0 Å². The van der Waals surface area contributed by atoms with Crippen molar-refractivity contribution in [1.82, 2.24) is 0 Å². The summed E-state index contributed by atoms with van der Waals surface area (Å²) in [6, 6.07) is 0. The van der Waals surface area contributed by atoms with Gasteiger partial charge >= 0.3 is 0 Å². The molecule has 68 valence electrons. The minimum absolute atomic E-state index is 0.663. The highest BCUT2D eigenvalue weighted by Gasteiger charge is 2.53. The third-order valence-corrected chi connectivity index (χ3v) is 4.41. The molecule has 1 heteroatoms. The molecule has 0 aromatic carbocycles. The summed E-state index contributed by atoms with van der Waals surface area (Å²) in [5.41, 5.74) is 0.663. The quantitative estimate of drug-likeness (QED) is 0.504.